The molecular weight excluding hydrogens is 573 g/mol. The Balaban J connectivity index is -0.000000302. The quantitative estimate of drug-likeness (QED) is 0.425. The van der Waals surface area contributed by atoms with Crippen LogP contribution in [0.25, 0.3) is 6.08 Å². The largest absolute Gasteiger partial charge is 0.489 e. The molecule has 0 amide bonds. The summed E-state index contributed by atoms with van der Waals surface area (Å²) in [5, 5.41) is 0. The molecule has 1 heterocycles. The molecule has 1 aromatic carbocycles. The van der Waals surface area contributed by atoms with Gasteiger partial charge in [0.05, 0.1) is 0 Å². The summed E-state index contributed by atoms with van der Waals surface area (Å²) in [6.45, 7) is 0.705. The van der Waals surface area contributed by atoms with Crippen molar-refractivity contribution in [2.75, 3.05) is 6.61 Å². The van der Waals surface area contributed by atoms with Crippen LogP contribution >= 0.6 is 0 Å². The van der Waals surface area contributed by atoms with Crippen LogP contribution in [0, 0.1) is 0 Å². The molecule has 0 saturated carbocycles. The van der Waals surface area contributed by atoms with E-state index in [9.17, 15) is 0 Å². The number of ether oxygens (including phenoxy) is 1. The van der Waals surface area contributed by atoms with Gasteiger partial charge < -0.3 is 4.74 Å². The van der Waals surface area contributed by atoms with Crippen LogP contribution in [-0.2, 0) is 63.8 Å². The molecule has 0 spiro atoms. The second-order valence-corrected chi connectivity index (χ2v) is 2.25. The van der Waals surface area contributed by atoms with Crippen molar-refractivity contribution in [3.63, 3.8) is 0 Å². The third-order valence-electron chi connectivity index (χ3n) is 1.55. The van der Waals surface area contributed by atoms with Crippen molar-refractivity contribution < 1.29 is 68.6 Å². The van der Waals surface area contributed by atoms with Crippen LogP contribution in [0.15, 0.2) is 30.3 Å². The van der Waals surface area contributed by atoms with Gasteiger partial charge >= 0.3 is 0 Å². The fourth-order valence-electron chi connectivity index (χ4n) is 1.06. The van der Waals surface area contributed by atoms with Crippen molar-refractivity contribution in [3.8, 4) is 5.75 Å². The van der Waals surface area contributed by atoms with E-state index >= 15 is 0 Å². The minimum absolute atomic E-state index is 0. The van der Waals surface area contributed by atoms with Crippen molar-refractivity contribution >= 4 is 33.4 Å². The molecule has 5 radical (unpaired) electrons. The third kappa shape index (κ3) is 5.73. The zero-order valence-electron chi connectivity index (χ0n) is 7.80. The standard InChI is InChI=1S/C9H8O.Cd.Cu.Pb.Zn/c1-2-6-9-8(4-1)5-3-7-10-9;;;;/h1-6H,7H2;;;;. The molecule has 14 heavy (non-hydrogen) atoms. The third-order valence-corrected chi connectivity index (χ3v) is 1.55. The first-order valence-electron chi connectivity index (χ1n) is 3.35. The van der Waals surface area contributed by atoms with Crippen LogP contribution in [0.1, 0.15) is 5.56 Å². The number of fused-ring (bicyclic) bond motifs is 1. The summed E-state index contributed by atoms with van der Waals surface area (Å²) in [7, 11) is 0. The minimum Gasteiger partial charge on any atom is -0.489 e. The smallest absolute Gasteiger partial charge is 0.126 e. The minimum atomic E-state index is 0. The van der Waals surface area contributed by atoms with E-state index in [1.165, 1.54) is 5.56 Å². The molecule has 2 rings (SSSR count). The summed E-state index contributed by atoms with van der Waals surface area (Å²) in [6.07, 6.45) is 4.10. The SMILES string of the molecule is C1=Cc2ccccc2OC1.[Cd].[Cu].[Pb].[Zn]. The van der Waals surface area contributed by atoms with E-state index in [0.717, 1.165) is 5.75 Å². The van der Waals surface area contributed by atoms with Crippen LogP contribution < -0.4 is 4.74 Å². The Labute approximate surface area is 148 Å². The monoisotopic (exact) mass is 581 g/mol. The van der Waals surface area contributed by atoms with E-state index < -0.39 is 0 Å². The topological polar surface area (TPSA) is 9.23 Å². The predicted molar refractivity (Wildman–Crippen MR) is 46.7 cm³/mol. The fraction of sp³-hybridized carbons (Fsp3) is 0.111. The summed E-state index contributed by atoms with van der Waals surface area (Å²) < 4.78 is 5.34. The van der Waals surface area contributed by atoms with Crippen molar-refractivity contribution in [1.29, 1.82) is 0 Å². The second kappa shape index (κ2) is 11.2. The summed E-state index contributed by atoms with van der Waals surface area (Å²) in [5.41, 5.74) is 1.17. The number of hydrogen-bond acceptors (Lipinski definition) is 1. The number of rotatable bonds is 0. The predicted octanol–water partition coefficient (Wildman–Crippen LogP) is 1.70. The van der Waals surface area contributed by atoms with Crippen LogP contribution in [0.5, 0.6) is 5.75 Å². The van der Waals surface area contributed by atoms with Gasteiger partial charge in [-0.1, -0.05) is 24.3 Å². The Bertz CT molecular complexity index is 283. The van der Waals surface area contributed by atoms with Crippen LogP contribution in [0.2, 0.25) is 0 Å². The number of benzene rings is 1. The molecule has 0 N–H and O–H groups in total. The maximum Gasteiger partial charge on any atom is 0.126 e. The Morgan fingerprint density at radius 1 is 1.14 bits per heavy atom. The van der Waals surface area contributed by atoms with Gasteiger partial charge in [-0.25, -0.2) is 0 Å². The Hall–Kier alpha value is 1.75. The van der Waals surface area contributed by atoms with Gasteiger partial charge in [0.1, 0.15) is 12.4 Å². The number of para-hydroxylation sites is 1. The molecule has 1 aromatic rings. The second-order valence-electron chi connectivity index (χ2n) is 2.25. The van der Waals surface area contributed by atoms with Crippen molar-refractivity contribution in [2.24, 2.45) is 0 Å². The molecule has 0 saturated heterocycles. The molecule has 0 unspecified atom stereocenters. The van der Waals surface area contributed by atoms with E-state index in [0.29, 0.717) is 6.61 Å². The van der Waals surface area contributed by atoms with E-state index in [2.05, 4.69) is 6.08 Å². The Morgan fingerprint density at radius 3 is 2.43 bits per heavy atom. The van der Waals surface area contributed by atoms with Crippen LogP contribution in [0.3, 0.4) is 0 Å². The Morgan fingerprint density at radius 2 is 1.79 bits per heavy atom. The van der Waals surface area contributed by atoms with Crippen molar-refractivity contribution in [3.05, 3.63) is 35.9 Å². The van der Waals surface area contributed by atoms with Gasteiger partial charge in [0.2, 0.25) is 0 Å². The zero-order chi connectivity index (χ0) is 6.81. The average Bonchev–Trinajstić information content (AvgIpc) is 2.05. The van der Waals surface area contributed by atoms with E-state index in [1.807, 2.05) is 30.3 Å². The van der Waals surface area contributed by atoms with Crippen LogP contribution in [-0.4, -0.2) is 33.9 Å². The molecule has 1 nitrogen and oxygen atoms in total. The van der Waals surface area contributed by atoms with Gasteiger partial charge in [0.15, 0.2) is 0 Å². The first-order chi connectivity index (χ1) is 4.97. The number of hydrogen-bond donors (Lipinski definition) is 0. The summed E-state index contributed by atoms with van der Waals surface area (Å²) in [6, 6.07) is 8.03. The first-order valence-corrected chi connectivity index (χ1v) is 3.35. The average molecular weight is 581 g/mol. The zero-order valence-corrected chi connectivity index (χ0v) is 19.6. The molecule has 69 valence electrons. The van der Waals surface area contributed by atoms with Crippen LogP contribution in [0.4, 0.5) is 0 Å². The van der Waals surface area contributed by atoms with E-state index in [-0.39, 0.29) is 91.1 Å². The fourth-order valence-corrected chi connectivity index (χ4v) is 1.06. The van der Waals surface area contributed by atoms with Crippen molar-refractivity contribution in [2.45, 2.75) is 0 Å². The van der Waals surface area contributed by atoms with Gasteiger partial charge in [-0.15, -0.1) is 0 Å². The Kier molecular flexibility index (Phi) is 16.9. The van der Waals surface area contributed by atoms with Gasteiger partial charge in [-0.05, 0) is 12.1 Å². The molecule has 0 fully saturated rings. The molecular formula is C9H8CdCuOPbZn. The molecule has 5 heteroatoms. The summed E-state index contributed by atoms with van der Waals surface area (Å²) in [5.74, 6) is 0.991. The van der Waals surface area contributed by atoms with Gasteiger partial charge in [0.25, 0.3) is 0 Å². The molecule has 0 bridgehead atoms. The molecule has 0 aliphatic carbocycles. The summed E-state index contributed by atoms with van der Waals surface area (Å²) >= 11 is 0. The maximum absolute atomic E-state index is 5.34. The van der Waals surface area contributed by atoms with Gasteiger partial charge in [-0.3, -0.25) is 0 Å². The van der Waals surface area contributed by atoms with Gasteiger partial charge in [-0.2, -0.15) is 0 Å². The molecule has 0 aromatic heterocycles. The molecule has 1 aliphatic rings. The maximum atomic E-state index is 5.34. The molecule has 1 aliphatic heterocycles. The summed E-state index contributed by atoms with van der Waals surface area (Å²) in [4.78, 5) is 0. The van der Waals surface area contributed by atoms with E-state index in [1.54, 1.807) is 0 Å². The normalized spacial score (nSPS) is 10.0. The van der Waals surface area contributed by atoms with Crippen molar-refractivity contribution in [1.82, 2.24) is 0 Å². The first kappa shape index (κ1) is 21.1. The molecule has 0 atom stereocenters. The van der Waals surface area contributed by atoms with Gasteiger partial charge in [0, 0.05) is 96.7 Å². The van der Waals surface area contributed by atoms with E-state index in [4.69, 9.17) is 4.74 Å².